The van der Waals surface area contributed by atoms with Crippen LogP contribution in [0.5, 0.6) is 0 Å². The molecular weight excluding hydrogens is 128 g/mol. The van der Waals surface area contributed by atoms with Crippen LogP contribution in [0, 0.1) is 0 Å². The molecule has 1 rings (SSSR count). The average molecular weight is 140 g/mol. The highest BCUT2D eigenvalue weighted by molar-refractivity contribution is 4.88. The minimum Gasteiger partial charge on any atom is -0.370 e. The molecule has 0 radical (unpaired) electrons. The van der Waals surface area contributed by atoms with E-state index in [1.807, 2.05) is 18.2 Å². The smallest absolute Gasteiger partial charge is 0.0936 e. The summed E-state index contributed by atoms with van der Waals surface area (Å²) < 4.78 is 4.32. The van der Waals surface area contributed by atoms with Crippen molar-refractivity contribution in [1.29, 1.82) is 0 Å². The monoisotopic (exact) mass is 140 g/mol. The molecule has 0 aliphatic rings. The molecule has 0 aromatic carbocycles. The van der Waals surface area contributed by atoms with Gasteiger partial charge in [-0.25, -0.2) is 0 Å². The zero-order chi connectivity index (χ0) is 7.66. The van der Waals surface area contributed by atoms with Crippen LogP contribution in [0.25, 0.3) is 0 Å². The summed E-state index contributed by atoms with van der Waals surface area (Å²) in [6.45, 7) is 0.319. The maximum atomic E-state index is 4.81. The lowest BCUT2D eigenvalue weighted by Gasteiger charge is -1.77. The summed E-state index contributed by atoms with van der Waals surface area (Å²) in [5, 5.41) is 0. The Kier molecular flexibility index (Phi) is 7.32. The fourth-order valence-corrected chi connectivity index (χ4v) is 0.313. The molecule has 0 atom stereocenters. The molecule has 0 saturated carbocycles. The zero-order valence-electron chi connectivity index (χ0n) is 6.03. The largest absolute Gasteiger partial charge is 0.370 e. The van der Waals surface area contributed by atoms with E-state index < -0.39 is 0 Å². The van der Waals surface area contributed by atoms with E-state index in [0.29, 0.717) is 6.73 Å². The van der Waals surface area contributed by atoms with Crippen molar-refractivity contribution in [1.82, 2.24) is 4.98 Å². The van der Waals surface area contributed by atoms with Crippen molar-refractivity contribution in [2.75, 3.05) is 13.8 Å². The van der Waals surface area contributed by atoms with E-state index in [1.54, 1.807) is 19.5 Å². The zero-order valence-corrected chi connectivity index (χ0v) is 6.03. The van der Waals surface area contributed by atoms with Crippen molar-refractivity contribution >= 4 is 0 Å². The Morgan fingerprint density at radius 1 is 1.30 bits per heavy atom. The fraction of sp³-hybridized carbons (Fsp3) is 0.286. The number of nitrogens with zero attached hydrogens (tertiary/aromatic N) is 1. The Bertz CT molecular complexity index is 104. The van der Waals surface area contributed by atoms with Crippen LogP contribution in [-0.4, -0.2) is 18.8 Å². The van der Waals surface area contributed by atoms with Crippen molar-refractivity contribution in [2.45, 2.75) is 0 Å². The van der Waals surface area contributed by atoms with Gasteiger partial charge in [-0.3, -0.25) is 4.98 Å². The highest BCUT2D eigenvalue weighted by Gasteiger charge is 1.58. The Labute approximate surface area is 60.8 Å². The molecule has 0 aliphatic heterocycles. The first-order chi connectivity index (χ1) is 4.91. The number of hydrogen-bond donors (Lipinski definition) is 1. The topological polar surface area (TPSA) is 48.1 Å². The summed E-state index contributed by atoms with van der Waals surface area (Å²) in [5.74, 6) is 0. The molecule has 0 saturated heterocycles. The molecule has 0 aliphatic carbocycles. The number of methoxy groups -OCH3 is 1. The standard InChI is InChI=1S/C5H5N.C2H7NO/c1-2-4-6-5-3-1;1-4-2-3/h1-5H;2-3H2,1H3. The molecule has 1 aromatic rings. The maximum Gasteiger partial charge on any atom is 0.0936 e. The van der Waals surface area contributed by atoms with E-state index in [9.17, 15) is 0 Å². The number of pyridine rings is 1. The number of ether oxygens (including phenoxy) is 1. The molecule has 3 nitrogen and oxygen atoms in total. The summed E-state index contributed by atoms with van der Waals surface area (Å²) in [5.41, 5.74) is 4.81. The summed E-state index contributed by atoms with van der Waals surface area (Å²) >= 11 is 0. The molecule has 2 N–H and O–H groups in total. The van der Waals surface area contributed by atoms with Crippen molar-refractivity contribution < 1.29 is 4.74 Å². The van der Waals surface area contributed by atoms with Crippen LogP contribution in [0.3, 0.4) is 0 Å². The predicted octanol–water partition coefficient (Wildman–Crippen LogP) is 0.631. The molecule has 0 amide bonds. The molecule has 0 unspecified atom stereocenters. The second-order valence-corrected chi connectivity index (χ2v) is 1.48. The van der Waals surface area contributed by atoms with Crippen molar-refractivity contribution in [3.8, 4) is 0 Å². The van der Waals surface area contributed by atoms with Gasteiger partial charge in [0.05, 0.1) is 6.73 Å². The normalized spacial score (nSPS) is 7.80. The van der Waals surface area contributed by atoms with E-state index in [4.69, 9.17) is 5.73 Å². The fourth-order valence-electron chi connectivity index (χ4n) is 0.313. The van der Waals surface area contributed by atoms with Gasteiger partial charge in [0.1, 0.15) is 0 Å². The van der Waals surface area contributed by atoms with Gasteiger partial charge >= 0.3 is 0 Å². The number of nitrogens with two attached hydrogens (primary N) is 1. The lowest BCUT2D eigenvalue weighted by Crippen LogP contribution is -1.98. The van der Waals surface area contributed by atoms with Crippen LogP contribution in [0.1, 0.15) is 0 Å². The molecule has 56 valence electrons. The highest BCUT2D eigenvalue weighted by atomic mass is 16.5. The molecule has 1 aromatic heterocycles. The summed E-state index contributed by atoms with van der Waals surface area (Å²) in [7, 11) is 1.56. The molecule has 0 spiro atoms. The highest BCUT2D eigenvalue weighted by Crippen LogP contribution is 1.73. The van der Waals surface area contributed by atoms with Gasteiger partial charge in [0.15, 0.2) is 0 Å². The Hall–Kier alpha value is -0.930. The van der Waals surface area contributed by atoms with Crippen molar-refractivity contribution in [3.63, 3.8) is 0 Å². The average Bonchev–Trinajstić information content (AvgIpc) is 2.08. The van der Waals surface area contributed by atoms with Gasteiger partial charge in [0.2, 0.25) is 0 Å². The van der Waals surface area contributed by atoms with Crippen LogP contribution in [0.15, 0.2) is 30.6 Å². The lowest BCUT2D eigenvalue weighted by atomic mass is 10.5. The first-order valence-corrected chi connectivity index (χ1v) is 2.95. The van der Waals surface area contributed by atoms with Gasteiger partial charge in [0, 0.05) is 19.5 Å². The second kappa shape index (κ2) is 8.07. The number of hydrogen-bond acceptors (Lipinski definition) is 3. The Balaban J connectivity index is 0.000000180. The second-order valence-electron chi connectivity index (χ2n) is 1.48. The van der Waals surface area contributed by atoms with Crippen LogP contribution < -0.4 is 5.73 Å². The molecular formula is C7H12N2O. The summed E-state index contributed by atoms with van der Waals surface area (Å²) in [4.78, 5) is 3.78. The van der Waals surface area contributed by atoms with Gasteiger partial charge in [0.25, 0.3) is 0 Å². The van der Waals surface area contributed by atoms with Gasteiger partial charge in [-0.15, -0.1) is 0 Å². The Morgan fingerprint density at radius 3 is 1.90 bits per heavy atom. The molecule has 10 heavy (non-hydrogen) atoms. The summed E-state index contributed by atoms with van der Waals surface area (Å²) in [6.07, 6.45) is 3.50. The van der Waals surface area contributed by atoms with Crippen molar-refractivity contribution in [2.24, 2.45) is 5.73 Å². The quantitative estimate of drug-likeness (QED) is 0.582. The van der Waals surface area contributed by atoms with E-state index in [-0.39, 0.29) is 0 Å². The number of rotatable bonds is 1. The van der Waals surface area contributed by atoms with Gasteiger partial charge in [-0.05, 0) is 12.1 Å². The van der Waals surface area contributed by atoms with Crippen LogP contribution in [0.2, 0.25) is 0 Å². The molecule has 1 heterocycles. The lowest BCUT2D eigenvalue weighted by molar-refractivity contribution is 0.207. The molecule has 3 heteroatoms. The van der Waals surface area contributed by atoms with E-state index in [2.05, 4.69) is 9.72 Å². The minimum atomic E-state index is 0.319. The third kappa shape index (κ3) is 7.07. The van der Waals surface area contributed by atoms with E-state index in [0.717, 1.165) is 0 Å². The molecule has 0 bridgehead atoms. The van der Waals surface area contributed by atoms with Gasteiger partial charge in [-0.1, -0.05) is 6.07 Å². The predicted molar refractivity (Wildman–Crippen MR) is 40.3 cm³/mol. The van der Waals surface area contributed by atoms with E-state index >= 15 is 0 Å². The van der Waals surface area contributed by atoms with Crippen LogP contribution in [0.4, 0.5) is 0 Å². The minimum absolute atomic E-state index is 0.319. The summed E-state index contributed by atoms with van der Waals surface area (Å²) in [6, 6.07) is 5.72. The van der Waals surface area contributed by atoms with Crippen molar-refractivity contribution in [3.05, 3.63) is 30.6 Å². The SMILES string of the molecule is COCN.c1ccncc1. The van der Waals surface area contributed by atoms with Crippen LogP contribution in [-0.2, 0) is 4.74 Å². The third-order valence-corrected chi connectivity index (χ3v) is 0.733. The van der Waals surface area contributed by atoms with Crippen LogP contribution >= 0.6 is 0 Å². The van der Waals surface area contributed by atoms with Gasteiger partial charge < -0.3 is 10.5 Å². The first kappa shape index (κ1) is 9.07. The van der Waals surface area contributed by atoms with Gasteiger partial charge in [-0.2, -0.15) is 0 Å². The number of aromatic nitrogens is 1. The molecule has 0 fully saturated rings. The first-order valence-electron chi connectivity index (χ1n) is 2.95. The Morgan fingerprint density at radius 2 is 1.80 bits per heavy atom. The van der Waals surface area contributed by atoms with E-state index in [1.165, 1.54) is 0 Å². The maximum absolute atomic E-state index is 4.81. The third-order valence-electron chi connectivity index (χ3n) is 0.733.